The molecule has 1 aromatic carbocycles. The molecule has 1 aliphatic rings. The second-order valence-corrected chi connectivity index (χ2v) is 8.06. The molecule has 0 radical (unpaired) electrons. The Morgan fingerprint density at radius 2 is 1.67 bits per heavy atom. The summed E-state index contributed by atoms with van der Waals surface area (Å²) in [5.41, 5.74) is 0.874. The van der Waals surface area contributed by atoms with Crippen LogP contribution >= 0.6 is 0 Å². The number of H-pyrrole nitrogens is 1. The SMILES string of the molecule is COc1cc(CNC(=O)c2cc3c([nH]c2=O)CC(C)(C)CC3=O)cc(OC)c1OC. The molecule has 3 rings (SSSR count). The number of carbonyl (C=O) groups excluding carboxylic acids is 2. The number of aromatic amines is 1. The van der Waals surface area contributed by atoms with E-state index < -0.39 is 11.5 Å². The number of rotatable bonds is 6. The monoisotopic (exact) mass is 414 g/mol. The minimum Gasteiger partial charge on any atom is -0.493 e. The van der Waals surface area contributed by atoms with Crippen LogP contribution in [0, 0.1) is 5.41 Å². The van der Waals surface area contributed by atoms with E-state index in [0.717, 1.165) is 0 Å². The lowest BCUT2D eigenvalue weighted by Crippen LogP contribution is -2.34. The highest BCUT2D eigenvalue weighted by Crippen LogP contribution is 2.38. The number of benzene rings is 1. The number of fused-ring (bicyclic) bond motifs is 1. The molecule has 0 saturated heterocycles. The number of nitrogens with one attached hydrogen (secondary N) is 2. The Labute approximate surface area is 174 Å². The van der Waals surface area contributed by atoms with Crippen LogP contribution in [0.4, 0.5) is 0 Å². The van der Waals surface area contributed by atoms with Crippen molar-refractivity contribution in [1.29, 1.82) is 0 Å². The molecule has 0 saturated carbocycles. The van der Waals surface area contributed by atoms with Gasteiger partial charge in [-0.15, -0.1) is 0 Å². The molecule has 0 aliphatic heterocycles. The summed E-state index contributed by atoms with van der Waals surface area (Å²) in [5.74, 6) is 0.728. The quantitative estimate of drug-likeness (QED) is 0.752. The van der Waals surface area contributed by atoms with Gasteiger partial charge in [0.15, 0.2) is 17.3 Å². The average Bonchev–Trinajstić information content (AvgIpc) is 2.69. The maximum absolute atomic E-state index is 12.7. The average molecular weight is 414 g/mol. The van der Waals surface area contributed by atoms with E-state index >= 15 is 0 Å². The normalized spacial score (nSPS) is 14.6. The Morgan fingerprint density at radius 1 is 1.03 bits per heavy atom. The number of pyridine rings is 1. The van der Waals surface area contributed by atoms with E-state index in [1.807, 2.05) is 13.8 Å². The number of ether oxygens (including phenoxy) is 3. The van der Waals surface area contributed by atoms with E-state index in [-0.39, 0.29) is 23.3 Å². The zero-order valence-corrected chi connectivity index (χ0v) is 17.8. The summed E-state index contributed by atoms with van der Waals surface area (Å²) >= 11 is 0. The van der Waals surface area contributed by atoms with Gasteiger partial charge in [-0.3, -0.25) is 14.4 Å². The summed E-state index contributed by atoms with van der Waals surface area (Å²) in [6.45, 7) is 4.08. The molecule has 2 N–H and O–H groups in total. The molecule has 2 aromatic rings. The van der Waals surface area contributed by atoms with Crippen LogP contribution in [-0.2, 0) is 13.0 Å². The van der Waals surface area contributed by atoms with Gasteiger partial charge in [-0.05, 0) is 35.6 Å². The van der Waals surface area contributed by atoms with Crippen molar-refractivity contribution in [2.24, 2.45) is 5.41 Å². The largest absolute Gasteiger partial charge is 0.493 e. The molecular formula is C22H26N2O6. The highest BCUT2D eigenvalue weighted by molar-refractivity contribution is 6.02. The summed E-state index contributed by atoms with van der Waals surface area (Å²) in [4.78, 5) is 40.3. The first-order valence-corrected chi connectivity index (χ1v) is 9.55. The first kappa shape index (κ1) is 21.4. The predicted molar refractivity (Wildman–Crippen MR) is 111 cm³/mol. The summed E-state index contributed by atoms with van der Waals surface area (Å²) in [6, 6.07) is 4.82. The van der Waals surface area contributed by atoms with Gasteiger partial charge in [0.25, 0.3) is 11.5 Å². The van der Waals surface area contributed by atoms with E-state index in [1.54, 1.807) is 12.1 Å². The molecule has 0 atom stereocenters. The van der Waals surface area contributed by atoms with Crippen LogP contribution < -0.4 is 25.1 Å². The molecule has 8 nitrogen and oxygen atoms in total. The lowest BCUT2D eigenvalue weighted by molar-refractivity contribution is 0.0910. The van der Waals surface area contributed by atoms with Crippen molar-refractivity contribution >= 4 is 11.7 Å². The molecule has 1 aliphatic carbocycles. The first-order valence-electron chi connectivity index (χ1n) is 9.55. The third-order valence-electron chi connectivity index (χ3n) is 5.14. The molecular weight excluding hydrogens is 388 g/mol. The molecule has 0 spiro atoms. The number of Topliss-reactive ketones (excluding diaryl/α,β-unsaturated/α-hetero) is 1. The van der Waals surface area contributed by atoms with E-state index in [0.29, 0.717) is 46.9 Å². The van der Waals surface area contributed by atoms with Crippen molar-refractivity contribution in [1.82, 2.24) is 10.3 Å². The fourth-order valence-electron chi connectivity index (χ4n) is 3.71. The lowest BCUT2D eigenvalue weighted by Gasteiger charge is -2.29. The standard InChI is InChI=1S/C22H26N2O6/c1-22(2)9-15-13(16(25)10-22)8-14(21(27)24-15)20(26)23-11-12-6-17(28-3)19(30-5)18(7-12)29-4/h6-8H,9-11H2,1-5H3,(H,23,26)(H,24,27). The zero-order chi connectivity index (χ0) is 22.1. The van der Waals surface area contributed by atoms with Crippen LogP contribution in [0.25, 0.3) is 0 Å². The van der Waals surface area contributed by atoms with Gasteiger partial charge in [-0.25, -0.2) is 0 Å². The van der Waals surface area contributed by atoms with E-state index in [4.69, 9.17) is 14.2 Å². The molecule has 0 fully saturated rings. The number of amides is 1. The van der Waals surface area contributed by atoms with Gasteiger partial charge in [0.1, 0.15) is 5.56 Å². The fraction of sp³-hybridized carbons (Fsp3) is 0.409. The van der Waals surface area contributed by atoms with Crippen molar-refractivity contribution in [3.63, 3.8) is 0 Å². The molecule has 1 amide bonds. The number of ketones is 1. The second kappa shape index (κ2) is 8.22. The number of hydrogen-bond donors (Lipinski definition) is 2. The van der Waals surface area contributed by atoms with Crippen molar-refractivity contribution in [3.8, 4) is 17.2 Å². The van der Waals surface area contributed by atoms with Gasteiger partial charge >= 0.3 is 0 Å². The molecule has 8 heteroatoms. The van der Waals surface area contributed by atoms with Crippen LogP contribution in [0.5, 0.6) is 17.2 Å². The Morgan fingerprint density at radius 3 is 2.23 bits per heavy atom. The van der Waals surface area contributed by atoms with Crippen molar-refractivity contribution < 1.29 is 23.8 Å². The van der Waals surface area contributed by atoms with E-state index in [2.05, 4.69) is 10.3 Å². The molecule has 30 heavy (non-hydrogen) atoms. The minimum absolute atomic E-state index is 0.0730. The number of aromatic nitrogens is 1. The Kier molecular flexibility index (Phi) is 5.87. The van der Waals surface area contributed by atoms with Gasteiger partial charge < -0.3 is 24.5 Å². The van der Waals surface area contributed by atoms with Gasteiger partial charge in [0.2, 0.25) is 5.75 Å². The van der Waals surface area contributed by atoms with Crippen LogP contribution in [0.3, 0.4) is 0 Å². The van der Waals surface area contributed by atoms with E-state index in [1.165, 1.54) is 27.4 Å². The Balaban J connectivity index is 1.83. The molecule has 1 aromatic heterocycles. The third-order valence-corrected chi connectivity index (χ3v) is 5.14. The van der Waals surface area contributed by atoms with Crippen LogP contribution in [0.2, 0.25) is 0 Å². The van der Waals surface area contributed by atoms with E-state index in [9.17, 15) is 14.4 Å². The minimum atomic E-state index is -0.564. The van der Waals surface area contributed by atoms with Crippen LogP contribution in [0.15, 0.2) is 23.0 Å². The topological polar surface area (TPSA) is 107 Å². The van der Waals surface area contributed by atoms with Gasteiger partial charge in [0, 0.05) is 24.2 Å². The third kappa shape index (κ3) is 4.17. The molecule has 0 unspecified atom stereocenters. The number of carbonyl (C=O) groups is 2. The predicted octanol–water partition coefficient (Wildman–Crippen LogP) is 2.49. The van der Waals surface area contributed by atoms with Crippen molar-refractivity contribution in [2.75, 3.05) is 21.3 Å². The number of methoxy groups -OCH3 is 3. The van der Waals surface area contributed by atoms with Gasteiger partial charge in [-0.1, -0.05) is 13.8 Å². The highest BCUT2D eigenvalue weighted by atomic mass is 16.5. The molecule has 1 heterocycles. The zero-order valence-electron chi connectivity index (χ0n) is 17.8. The first-order chi connectivity index (χ1) is 14.2. The second-order valence-electron chi connectivity index (χ2n) is 8.06. The summed E-state index contributed by atoms with van der Waals surface area (Å²) < 4.78 is 15.9. The van der Waals surface area contributed by atoms with Gasteiger partial charge in [-0.2, -0.15) is 0 Å². The van der Waals surface area contributed by atoms with Crippen LogP contribution in [0.1, 0.15) is 52.2 Å². The maximum atomic E-state index is 12.7. The lowest BCUT2D eigenvalue weighted by atomic mass is 9.75. The Bertz CT molecular complexity index is 1030. The Hall–Kier alpha value is -3.29. The smallest absolute Gasteiger partial charge is 0.261 e. The number of hydrogen-bond acceptors (Lipinski definition) is 6. The fourth-order valence-corrected chi connectivity index (χ4v) is 3.71. The molecule has 160 valence electrons. The summed E-state index contributed by atoms with van der Waals surface area (Å²) in [7, 11) is 4.52. The van der Waals surface area contributed by atoms with Gasteiger partial charge in [0.05, 0.1) is 21.3 Å². The highest BCUT2D eigenvalue weighted by Gasteiger charge is 2.32. The maximum Gasteiger partial charge on any atom is 0.261 e. The van der Waals surface area contributed by atoms with Crippen molar-refractivity contribution in [2.45, 2.75) is 33.2 Å². The molecule has 0 bridgehead atoms. The van der Waals surface area contributed by atoms with Crippen molar-refractivity contribution in [3.05, 3.63) is 50.9 Å². The van der Waals surface area contributed by atoms with Crippen LogP contribution in [-0.4, -0.2) is 38.0 Å². The summed E-state index contributed by atoms with van der Waals surface area (Å²) in [5, 5.41) is 2.71. The summed E-state index contributed by atoms with van der Waals surface area (Å²) in [6.07, 6.45) is 0.954.